The number of aromatic nitrogens is 2. The molecule has 0 bridgehead atoms. The van der Waals surface area contributed by atoms with Crippen molar-refractivity contribution < 1.29 is 10.0 Å². The van der Waals surface area contributed by atoms with Gasteiger partial charge in [-0.2, -0.15) is 5.10 Å². The third-order valence-electron chi connectivity index (χ3n) is 1.74. The largest absolute Gasteiger partial charge is 0.394 e. The predicted octanol–water partition coefficient (Wildman–Crippen LogP) is -0.0333. The van der Waals surface area contributed by atoms with Crippen LogP contribution < -0.4 is 5.43 Å². The van der Waals surface area contributed by atoms with Crippen LogP contribution in [-0.4, -0.2) is 37.4 Å². The van der Waals surface area contributed by atoms with Crippen LogP contribution in [-0.2, 0) is 7.05 Å². The number of hydrogen-bond donors (Lipinski definition) is 2. The Balaban J connectivity index is 2.88. The number of imidazole rings is 1. The summed E-state index contributed by atoms with van der Waals surface area (Å²) in [7, 11) is 1.52. The summed E-state index contributed by atoms with van der Waals surface area (Å²) >= 11 is 3.13. The van der Waals surface area contributed by atoms with Gasteiger partial charge in [0.2, 0.25) is 0 Å². The second-order valence-corrected chi connectivity index (χ2v) is 3.54. The highest BCUT2D eigenvalue weighted by Gasteiger charge is 2.19. The van der Waals surface area contributed by atoms with E-state index in [2.05, 4.69) is 31.4 Å². The number of rotatable bonds is 5. The molecule has 9 heteroatoms. The molecule has 0 aliphatic rings. The quantitative estimate of drug-likeness (QED) is 0.343. The van der Waals surface area contributed by atoms with Crippen molar-refractivity contribution in [2.45, 2.75) is 0 Å². The van der Waals surface area contributed by atoms with Crippen molar-refractivity contribution in [3.05, 3.63) is 22.1 Å². The Labute approximate surface area is 99.3 Å². The van der Waals surface area contributed by atoms with Gasteiger partial charge in [0.1, 0.15) is 6.20 Å². The van der Waals surface area contributed by atoms with Gasteiger partial charge in [-0.25, -0.2) is 9.55 Å². The topological polar surface area (TPSA) is 106 Å². The lowest BCUT2D eigenvalue weighted by Gasteiger charge is -1.98. The monoisotopic (exact) mass is 291 g/mol. The second kappa shape index (κ2) is 5.56. The van der Waals surface area contributed by atoms with Crippen molar-refractivity contribution in [3.63, 3.8) is 0 Å². The molecule has 0 spiro atoms. The van der Waals surface area contributed by atoms with Gasteiger partial charge < -0.3 is 20.6 Å². The number of nitro groups is 1. The standard InChI is InChI=1S/C7H10BrN5O3/c1-12-5(13(15)16)4-9-7(12)6(8)11-10-2-3-14/h4,10,14H,2-3H2,1H3. The third kappa shape index (κ3) is 2.76. The van der Waals surface area contributed by atoms with E-state index in [4.69, 9.17) is 5.11 Å². The number of hydrazone groups is 1. The zero-order valence-electron chi connectivity index (χ0n) is 8.42. The molecule has 0 saturated carbocycles. The summed E-state index contributed by atoms with van der Waals surface area (Å²) < 4.78 is 1.63. The predicted molar refractivity (Wildman–Crippen MR) is 60.4 cm³/mol. The van der Waals surface area contributed by atoms with Crippen molar-refractivity contribution in [2.75, 3.05) is 13.2 Å². The molecule has 1 heterocycles. The maximum atomic E-state index is 10.6. The van der Waals surface area contributed by atoms with E-state index in [0.717, 1.165) is 6.20 Å². The second-order valence-electron chi connectivity index (χ2n) is 2.79. The Morgan fingerprint density at radius 3 is 3.06 bits per heavy atom. The van der Waals surface area contributed by atoms with E-state index in [1.165, 1.54) is 11.6 Å². The number of aliphatic hydroxyl groups is 1. The first-order valence-corrected chi connectivity index (χ1v) is 5.10. The molecule has 0 fully saturated rings. The van der Waals surface area contributed by atoms with Gasteiger partial charge in [0.25, 0.3) is 5.82 Å². The third-order valence-corrected chi connectivity index (χ3v) is 2.27. The Morgan fingerprint density at radius 1 is 1.88 bits per heavy atom. The van der Waals surface area contributed by atoms with Crippen LogP contribution in [0.5, 0.6) is 0 Å². The lowest BCUT2D eigenvalue weighted by Crippen LogP contribution is -2.14. The number of nitrogens with one attached hydrogen (secondary N) is 1. The van der Waals surface area contributed by atoms with Crippen LogP contribution in [0.15, 0.2) is 11.3 Å². The van der Waals surface area contributed by atoms with Gasteiger partial charge in [-0.05, 0) is 20.9 Å². The summed E-state index contributed by atoms with van der Waals surface area (Å²) in [5.41, 5.74) is 2.57. The number of hydrogen-bond acceptors (Lipinski definition) is 6. The lowest BCUT2D eigenvalue weighted by atomic mass is 10.6. The molecule has 1 rings (SSSR count). The molecule has 0 radical (unpaired) electrons. The van der Waals surface area contributed by atoms with E-state index in [1.807, 2.05) is 0 Å². The van der Waals surface area contributed by atoms with Crippen LogP contribution >= 0.6 is 15.9 Å². The maximum Gasteiger partial charge on any atom is 0.342 e. The van der Waals surface area contributed by atoms with E-state index in [-0.39, 0.29) is 12.4 Å². The number of nitrogens with zero attached hydrogens (tertiary/aromatic N) is 4. The zero-order valence-corrected chi connectivity index (χ0v) is 10.0. The molecule has 0 aromatic carbocycles. The van der Waals surface area contributed by atoms with Gasteiger partial charge >= 0.3 is 5.82 Å². The Morgan fingerprint density at radius 2 is 2.56 bits per heavy atom. The van der Waals surface area contributed by atoms with E-state index >= 15 is 0 Å². The molecule has 8 nitrogen and oxygen atoms in total. The van der Waals surface area contributed by atoms with E-state index in [9.17, 15) is 10.1 Å². The Kier molecular flexibility index (Phi) is 4.38. The van der Waals surface area contributed by atoms with Crippen LogP contribution in [0.2, 0.25) is 0 Å². The maximum absolute atomic E-state index is 10.6. The molecule has 1 aromatic rings. The van der Waals surface area contributed by atoms with E-state index < -0.39 is 4.92 Å². The fraction of sp³-hybridized carbons (Fsp3) is 0.429. The minimum absolute atomic E-state index is 0.0511. The van der Waals surface area contributed by atoms with Gasteiger partial charge in [0, 0.05) is 0 Å². The van der Waals surface area contributed by atoms with Crippen molar-refractivity contribution in [1.29, 1.82) is 0 Å². The molecule has 0 unspecified atom stereocenters. The van der Waals surface area contributed by atoms with Crippen molar-refractivity contribution in [3.8, 4) is 0 Å². The SMILES string of the molecule is Cn1c([N+](=O)[O-])cnc1C(Br)=NNCCO. The Hall–Kier alpha value is -1.48. The molecule has 88 valence electrons. The number of halogens is 1. The summed E-state index contributed by atoms with van der Waals surface area (Å²) in [5, 5.41) is 22.9. The van der Waals surface area contributed by atoms with Crippen LogP contribution in [0, 0.1) is 10.1 Å². The average Bonchev–Trinajstić information content (AvgIpc) is 2.60. The molecular formula is C7H10BrN5O3. The van der Waals surface area contributed by atoms with Crippen molar-refractivity contribution >= 4 is 26.4 Å². The zero-order chi connectivity index (χ0) is 12.1. The molecule has 16 heavy (non-hydrogen) atoms. The smallest absolute Gasteiger partial charge is 0.342 e. The molecule has 0 aliphatic carbocycles. The van der Waals surface area contributed by atoms with Crippen LogP contribution in [0.3, 0.4) is 0 Å². The van der Waals surface area contributed by atoms with Crippen LogP contribution in [0.4, 0.5) is 5.82 Å². The highest BCUT2D eigenvalue weighted by atomic mass is 79.9. The highest BCUT2D eigenvalue weighted by Crippen LogP contribution is 2.14. The molecule has 2 N–H and O–H groups in total. The molecule has 0 amide bonds. The first-order chi connectivity index (χ1) is 7.57. The lowest BCUT2D eigenvalue weighted by molar-refractivity contribution is -0.391. The summed E-state index contributed by atoms with van der Waals surface area (Å²) in [4.78, 5) is 13.9. The number of aliphatic hydroxyl groups excluding tert-OH is 1. The molecule has 1 aromatic heterocycles. The van der Waals surface area contributed by atoms with Gasteiger partial charge in [-0.1, -0.05) is 0 Å². The van der Waals surface area contributed by atoms with Gasteiger partial charge in [0.15, 0.2) is 4.62 Å². The fourth-order valence-corrected chi connectivity index (χ4v) is 1.48. The molecule has 0 saturated heterocycles. The fourth-order valence-electron chi connectivity index (χ4n) is 0.987. The molecule has 0 atom stereocenters. The summed E-state index contributed by atoms with van der Waals surface area (Å²) in [6.07, 6.45) is 1.15. The molecular weight excluding hydrogens is 282 g/mol. The highest BCUT2D eigenvalue weighted by molar-refractivity contribution is 9.18. The van der Waals surface area contributed by atoms with E-state index in [0.29, 0.717) is 17.0 Å². The van der Waals surface area contributed by atoms with Crippen molar-refractivity contribution in [1.82, 2.24) is 15.0 Å². The average molecular weight is 292 g/mol. The van der Waals surface area contributed by atoms with Gasteiger partial charge in [-0.3, -0.25) is 0 Å². The normalized spacial score (nSPS) is 11.6. The molecule has 0 aliphatic heterocycles. The minimum Gasteiger partial charge on any atom is -0.394 e. The first kappa shape index (κ1) is 12.6. The first-order valence-electron chi connectivity index (χ1n) is 4.31. The Bertz CT molecular complexity index is 416. The van der Waals surface area contributed by atoms with Crippen LogP contribution in [0.25, 0.3) is 0 Å². The van der Waals surface area contributed by atoms with Gasteiger partial charge in [-0.15, -0.1) is 0 Å². The van der Waals surface area contributed by atoms with Gasteiger partial charge in [0.05, 0.1) is 20.2 Å². The van der Waals surface area contributed by atoms with Crippen LogP contribution in [0.1, 0.15) is 5.82 Å². The summed E-state index contributed by atoms with van der Waals surface area (Å²) in [6.45, 7) is 0.242. The van der Waals surface area contributed by atoms with E-state index in [1.54, 1.807) is 0 Å². The minimum atomic E-state index is -0.530. The summed E-state index contributed by atoms with van der Waals surface area (Å²) in [6, 6.07) is 0. The van der Waals surface area contributed by atoms with Crippen molar-refractivity contribution in [2.24, 2.45) is 12.1 Å². The summed E-state index contributed by atoms with van der Waals surface area (Å²) in [5.74, 6) is 0.210.